The lowest BCUT2D eigenvalue weighted by Gasteiger charge is -2.12. The minimum Gasteiger partial charge on any atom is -0.480 e. The second-order valence-corrected chi connectivity index (χ2v) is 3.92. The van der Waals surface area contributed by atoms with Crippen molar-refractivity contribution in [2.45, 2.75) is 17.9 Å². The molecule has 0 spiro atoms. The van der Waals surface area contributed by atoms with E-state index in [1.54, 1.807) is 30.3 Å². The number of aliphatic carboxylic acids is 1. The Kier molecular flexibility index (Phi) is 3.75. The summed E-state index contributed by atoms with van der Waals surface area (Å²) in [6, 6.07) is 6.99. The van der Waals surface area contributed by atoms with Crippen LogP contribution in [0.5, 0.6) is 0 Å². The van der Waals surface area contributed by atoms with E-state index in [0.29, 0.717) is 4.90 Å². The summed E-state index contributed by atoms with van der Waals surface area (Å²) in [7, 11) is 0. The molecule has 4 nitrogen and oxygen atoms in total. The molecule has 0 unspecified atom stereocenters. The van der Waals surface area contributed by atoms with Gasteiger partial charge in [0.15, 0.2) is 0 Å². The molecule has 0 aliphatic heterocycles. The molecule has 0 fully saturated rings. The lowest BCUT2D eigenvalue weighted by molar-refractivity contribution is -0.140. The van der Waals surface area contributed by atoms with E-state index in [9.17, 15) is 9.59 Å². The number of benzene rings is 1. The average molecular weight is 241 g/mol. The highest BCUT2D eigenvalue weighted by molar-refractivity contribution is 7.99. The van der Waals surface area contributed by atoms with E-state index in [0.717, 1.165) is 18.7 Å². The van der Waals surface area contributed by atoms with Gasteiger partial charge in [-0.2, -0.15) is 0 Å². The van der Waals surface area contributed by atoms with Crippen molar-refractivity contribution in [3.05, 3.63) is 30.3 Å². The minimum atomic E-state index is -2.14. The SMILES string of the molecule is [2H]C([2H])(Sc1ccccc1)[C@H](NC(C)=O)C(=O)O. The molecule has 1 atom stereocenters. The second kappa shape index (κ2) is 6.17. The molecule has 0 aliphatic carbocycles. The van der Waals surface area contributed by atoms with Crippen molar-refractivity contribution >= 4 is 23.6 Å². The van der Waals surface area contributed by atoms with Crippen LogP contribution in [0.1, 0.15) is 9.67 Å². The number of amides is 1. The first-order chi connectivity index (χ1) is 8.33. The number of thioether (sulfide) groups is 1. The third-order valence-corrected chi connectivity index (χ3v) is 2.49. The Morgan fingerprint density at radius 1 is 1.50 bits per heavy atom. The number of hydrogen-bond donors (Lipinski definition) is 2. The predicted octanol–water partition coefficient (Wildman–Crippen LogP) is 1.37. The van der Waals surface area contributed by atoms with Crippen LogP contribution in [0.15, 0.2) is 35.2 Å². The number of carbonyl (C=O) groups is 2. The number of carbonyl (C=O) groups excluding carboxylic acids is 1. The topological polar surface area (TPSA) is 66.4 Å². The number of nitrogens with one attached hydrogen (secondary N) is 1. The molecule has 1 rings (SSSR count). The Labute approximate surface area is 101 Å². The molecule has 0 saturated carbocycles. The Morgan fingerprint density at radius 2 is 2.12 bits per heavy atom. The minimum absolute atomic E-state index is 0.583. The van der Waals surface area contributed by atoms with Crippen molar-refractivity contribution in [2.24, 2.45) is 0 Å². The van der Waals surface area contributed by atoms with Gasteiger partial charge in [0.1, 0.15) is 6.04 Å². The number of hydrogen-bond acceptors (Lipinski definition) is 3. The van der Waals surface area contributed by atoms with E-state index in [2.05, 4.69) is 5.32 Å². The van der Waals surface area contributed by atoms with E-state index < -0.39 is 23.6 Å². The molecule has 0 radical (unpaired) electrons. The largest absolute Gasteiger partial charge is 0.480 e. The highest BCUT2D eigenvalue weighted by Crippen LogP contribution is 2.17. The van der Waals surface area contributed by atoms with Crippen LogP contribution in [-0.4, -0.2) is 28.7 Å². The maximum Gasteiger partial charge on any atom is 0.327 e. The quantitative estimate of drug-likeness (QED) is 0.764. The van der Waals surface area contributed by atoms with Gasteiger partial charge in [0.05, 0.1) is 0 Å². The molecule has 0 heterocycles. The molecule has 16 heavy (non-hydrogen) atoms. The van der Waals surface area contributed by atoms with Gasteiger partial charge in [-0.3, -0.25) is 4.79 Å². The standard InChI is InChI=1S/C11H13NO3S/c1-8(13)12-10(11(14)15)7-16-9-5-3-2-4-6-9/h2-6,10H,7H2,1H3,(H,12,13)(H,14,15)/t10-/m0/s1/i7D2. The molecule has 2 N–H and O–H groups in total. The Balaban J connectivity index is 2.88. The van der Waals surface area contributed by atoms with Crippen molar-refractivity contribution in [2.75, 3.05) is 5.70 Å². The van der Waals surface area contributed by atoms with Crippen LogP contribution < -0.4 is 5.32 Å². The van der Waals surface area contributed by atoms with Crippen molar-refractivity contribution in [3.63, 3.8) is 0 Å². The molecular formula is C11H13NO3S. The molecule has 0 saturated heterocycles. The van der Waals surface area contributed by atoms with Crippen molar-refractivity contribution in [1.82, 2.24) is 5.32 Å². The summed E-state index contributed by atoms with van der Waals surface area (Å²) >= 11 is 0.762. The van der Waals surface area contributed by atoms with Gasteiger partial charge in [-0.15, -0.1) is 11.8 Å². The Morgan fingerprint density at radius 3 is 2.62 bits per heavy atom. The normalized spacial score (nSPS) is 14.6. The number of carboxylic acid groups (broad SMARTS) is 1. The smallest absolute Gasteiger partial charge is 0.327 e. The average Bonchev–Trinajstić information content (AvgIpc) is 2.26. The number of carboxylic acids is 1. The zero-order valence-electron chi connectivity index (χ0n) is 10.6. The fourth-order valence-corrected chi connectivity index (χ4v) is 1.67. The van der Waals surface area contributed by atoms with Crippen molar-refractivity contribution in [3.8, 4) is 0 Å². The molecule has 0 bridgehead atoms. The van der Waals surface area contributed by atoms with Gasteiger partial charge in [0.2, 0.25) is 5.91 Å². The predicted molar refractivity (Wildman–Crippen MR) is 62.4 cm³/mol. The molecule has 0 aliphatic rings. The van der Waals surface area contributed by atoms with Crippen LogP contribution in [0.3, 0.4) is 0 Å². The molecule has 86 valence electrons. The lowest BCUT2D eigenvalue weighted by atomic mass is 10.3. The van der Waals surface area contributed by atoms with Crippen molar-refractivity contribution in [1.29, 1.82) is 0 Å². The summed E-state index contributed by atoms with van der Waals surface area (Å²) in [5.74, 6) is -1.99. The summed E-state index contributed by atoms with van der Waals surface area (Å²) in [6.45, 7) is 1.15. The van der Waals surface area contributed by atoms with Crippen LogP contribution in [0.25, 0.3) is 0 Å². The summed E-state index contributed by atoms with van der Waals surface area (Å²) in [5.41, 5.74) is -2.14. The summed E-state index contributed by atoms with van der Waals surface area (Å²) in [4.78, 5) is 22.5. The first-order valence-electron chi connectivity index (χ1n) is 5.57. The van der Waals surface area contributed by atoms with Gasteiger partial charge in [-0.1, -0.05) is 18.2 Å². The number of rotatable bonds is 5. The molecular weight excluding hydrogens is 226 g/mol. The zero-order valence-corrected chi connectivity index (χ0v) is 9.45. The fourth-order valence-electron chi connectivity index (χ4n) is 0.960. The molecule has 1 aromatic carbocycles. The third kappa shape index (κ3) is 4.35. The summed E-state index contributed by atoms with van der Waals surface area (Å²) in [6.07, 6.45) is 0. The molecule has 1 amide bonds. The first-order valence-corrected chi connectivity index (χ1v) is 5.38. The van der Waals surface area contributed by atoms with Gasteiger partial charge in [-0.05, 0) is 12.1 Å². The maximum atomic E-state index is 11.0. The highest BCUT2D eigenvalue weighted by Gasteiger charge is 2.18. The van der Waals surface area contributed by atoms with E-state index in [-0.39, 0.29) is 0 Å². The second-order valence-electron chi connectivity index (χ2n) is 3.00. The first kappa shape index (κ1) is 9.72. The molecule has 1 aromatic rings. The summed E-state index contributed by atoms with van der Waals surface area (Å²) in [5, 5.41) is 11.1. The monoisotopic (exact) mass is 241 g/mol. The maximum absolute atomic E-state index is 11.0. The van der Waals surface area contributed by atoms with Gasteiger partial charge in [0.25, 0.3) is 0 Å². The third-order valence-electron chi connectivity index (χ3n) is 1.63. The zero-order chi connectivity index (χ0) is 13.8. The van der Waals surface area contributed by atoms with Gasteiger partial charge in [-0.25, -0.2) is 4.79 Å². The van der Waals surface area contributed by atoms with Crippen LogP contribution in [-0.2, 0) is 9.59 Å². The van der Waals surface area contributed by atoms with E-state index in [4.69, 9.17) is 7.85 Å². The Bertz CT molecular complexity index is 439. The van der Waals surface area contributed by atoms with Crippen molar-refractivity contribution < 1.29 is 17.4 Å². The lowest BCUT2D eigenvalue weighted by Crippen LogP contribution is -2.41. The van der Waals surface area contributed by atoms with E-state index in [1.165, 1.54) is 0 Å². The van der Waals surface area contributed by atoms with Gasteiger partial charge >= 0.3 is 5.97 Å². The highest BCUT2D eigenvalue weighted by atomic mass is 32.2. The van der Waals surface area contributed by atoms with E-state index >= 15 is 0 Å². The van der Waals surface area contributed by atoms with Crippen LogP contribution >= 0.6 is 11.8 Å². The fraction of sp³-hybridized carbons (Fsp3) is 0.273. The molecule has 0 aromatic heterocycles. The van der Waals surface area contributed by atoms with Crippen LogP contribution in [0, 0.1) is 0 Å². The van der Waals surface area contributed by atoms with E-state index in [1.807, 2.05) is 0 Å². The van der Waals surface area contributed by atoms with Crippen LogP contribution in [0.2, 0.25) is 0 Å². The Hall–Kier alpha value is -1.49. The van der Waals surface area contributed by atoms with Crippen LogP contribution in [0.4, 0.5) is 0 Å². The molecule has 5 heteroatoms. The summed E-state index contributed by atoms with van der Waals surface area (Å²) < 4.78 is 15.6. The van der Waals surface area contributed by atoms with Gasteiger partial charge < -0.3 is 10.4 Å². The van der Waals surface area contributed by atoms with Gasteiger partial charge in [0, 0.05) is 20.3 Å².